The number of rotatable bonds is 4. The third-order valence-corrected chi connectivity index (χ3v) is 6.51. The lowest BCUT2D eigenvalue weighted by molar-refractivity contribution is 0.465. The fourth-order valence-corrected chi connectivity index (χ4v) is 4.85. The predicted octanol–water partition coefficient (Wildman–Crippen LogP) is 8.19. The first-order chi connectivity index (χ1) is 17.8. The van der Waals surface area contributed by atoms with Crippen molar-refractivity contribution in [3.63, 3.8) is 0 Å². The fourth-order valence-electron chi connectivity index (χ4n) is 4.85. The Labute approximate surface area is 208 Å². The summed E-state index contributed by atoms with van der Waals surface area (Å²) in [6.45, 7) is 0. The summed E-state index contributed by atoms with van der Waals surface area (Å²) in [5.41, 5.74) is 5.36. The van der Waals surface area contributed by atoms with E-state index in [4.69, 9.17) is 4.74 Å². The largest absolute Gasteiger partial charge is 0.439 e. The van der Waals surface area contributed by atoms with Gasteiger partial charge in [0, 0.05) is 28.4 Å². The van der Waals surface area contributed by atoms with E-state index in [-0.39, 0.29) is 0 Å². The quantitative estimate of drug-likeness (QED) is 0.264. The maximum absolute atomic E-state index is 6.15. The van der Waals surface area contributed by atoms with Crippen molar-refractivity contribution in [3.05, 3.63) is 128 Å². The van der Waals surface area contributed by atoms with Crippen LogP contribution in [-0.2, 0) is 0 Å². The summed E-state index contributed by atoms with van der Waals surface area (Å²) in [5.74, 6) is 2.23. The second-order valence-electron chi connectivity index (χ2n) is 8.74. The molecule has 0 amide bonds. The van der Waals surface area contributed by atoms with Gasteiger partial charge in [-0.15, -0.1) is 0 Å². The molecule has 0 bridgehead atoms. The molecule has 3 aromatic heterocycles. The zero-order valence-corrected chi connectivity index (χ0v) is 19.4. The first-order valence-corrected chi connectivity index (χ1v) is 11.9. The van der Waals surface area contributed by atoms with Gasteiger partial charge in [0.25, 0.3) is 0 Å². The van der Waals surface area contributed by atoms with E-state index in [0.29, 0.717) is 5.88 Å². The predicted molar refractivity (Wildman–Crippen MR) is 146 cm³/mol. The standard InChI is InChI=1S/C32H21N3O/c1-3-12-28-22(8-1)16-18-32(34-28)36-25-10-7-9-23(20-25)24-15-17-27-26-11-2-4-13-29(26)35(30(27)21-24)31-14-5-6-19-33-31/h1-21H. The van der Waals surface area contributed by atoms with Crippen molar-refractivity contribution < 1.29 is 4.74 Å². The zero-order valence-electron chi connectivity index (χ0n) is 19.4. The van der Waals surface area contributed by atoms with E-state index < -0.39 is 0 Å². The monoisotopic (exact) mass is 463 g/mol. The molecule has 0 N–H and O–H groups in total. The first kappa shape index (κ1) is 20.4. The van der Waals surface area contributed by atoms with Crippen LogP contribution in [0.1, 0.15) is 0 Å². The van der Waals surface area contributed by atoms with Crippen molar-refractivity contribution in [1.82, 2.24) is 14.5 Å². The Bertz CT molecular complexity index is 1870. The Balaban J connectivity index is 1.32. The number of ether oxygens (including phenoxy) is 1. The van der Waals surface area contributed by atoms with Crippen LogP contribution in [0.15, 0.2) is 128 Å². The molecule has 170 valence electrons. The summed E-state index contributed by atoms with van der Waals surface area (Å²) in [7, 11) is 0. The van der Waals surface area contributed by atoms with Crippen LogP contribution in [0.25, 0.3) is 49.7 Å². The maximum Gasteiger partial charge on any atom is 0.219 e. The summed E-state index contributed by atoms with van der Waals surface area (Å²) >= 11 is 0. The average Bonchev–Trinajstić information content (AvgIpc) is 3.27. The van der Waals surface area contributed by atoms with Gasteiger partial charge in [-0.3, -0.25) is 4.57 Å². The number of nitrogens with zero attached hydrogens (tertiary/aromatic N) is 3. The molecule has 3 heterocycles. The van der Waals surface area contributed by atoms with Crippen LogP contribution in [-0.4, -0.2) is 14.5 Å². The highest BCUT2D eigenvalue weighted by Crippen LogP contribution is 2.35. The molecule has 4 aromatic carbocycles. The Hall–Kier alpha value is -4.96. The lowest BCUT2D eigenvalue weighted by Crippen LogP contribution is -1.96. The molecule has 0 saturated heterocycles. The average molecular weight is 464 g/mol. The maximum atomic E-state index is 6.15. The Morgan fingerprint density at radius 3 is 2.36 bits per heavy atom. The molecule has 4 nitrogen and oxygen atoms in total. The van der Waals surface area contributed by atoms with Gasteiger partial charge in [0.15, 0.2) is 0 Å². The molecular weight excluding hydrogens is 442 g/mol. The van der Waals surface area contributed by atoms with Crippen molar-refractivity contribution >= 4 is 32.7 Å². The number of para-hydroxylation sites is 2. The summed E-state index contributed by atoms with van der Waals surface area (Å²) in [5, 5.41) is 3.51. The summed E-state index contributed by atoms with van der Waals surface area (Å²) in [6, 6.07) is 41.2. The molecule has 0 aliphatic rings. The van der Waals surface area contributed by atoms with E-state index in [0.717, 1.165) is 44.6 Å². The molecule has 4 heteroatoms. The lowest BCUT2D eigenvalue weighted by atomic mass is 10.0. The molecule has 0 aliphatic heterocycles. The number of fused-ring (bicyclic) bond motifs is 4. The van der Waals surface area contributed by atoms with Gasteiger partial charge in [0.05, 0.1) is 16.6 Å². The Morgan fingerprint density at radius 1 is 0.583 bits per heavy atom. The van der Waals surface area contributed by atoms with E-state index in [1.807, 2.05) is 72.9 Å². The number of hydrogen-bond acceptors (Lipinski definition) is 3. The van der Waals surface area contributed by atoms with Gasteiger partial charge in [0.1, 0.15) is 11.6 Å². The van der Waals surface area contributed by atoms with Gasteiger partial charge in [-0.2, -0.15) is 0 Å². The van der Waals surface area contributed by atoms with Gasteiger partial charge in [-0.05, 0) is 59.7 Å². The highest BCUT2D eigenvalue weighted by molar-refractivity contribution is 6.10. The minimum Gasteiger partial charge on any atom is -0.439 e. The van der Waals surface area contributed by atoms with Crippen molar-refractivity contribution in [1.29, 1.82) is 0 Å². The third-order valence-electron chi connectivity index (χ3n) is 6.51. The molecule has 7 aromatic rings. The molecule has 36 heavy (non-hydrogen) atoms. The second kappa shape index (κ2) is 8.36. The van der Waals surface area contributed by atoms with Crippen molar-refractivity contribution in [2.24, 2.45) is 0 Å². The smallest absolute Gasteiger partial charge is 0.219 e. The van der Waals surface area contributed by atoms with Crippen LogP contribution < -0.4 is 4.74 Å². The SMILES string of the molecule is c1ccc(-n2c3ccccc3c3ccc(-c4cccc(Oc5ccc6ccccc6n5)c4)cc32)nc1. The van der Waals surface area contributed by atoms with E-state index in [9.17, 15) is 0 Å². The van der Waals surface area contributed by atoms with Gasteiger partial charge in [0.2, 0.25) is 5.88 Å². The molecule has 0 saturated carbocycles. The van der Waals surface area contributed by atoms with E-state index >= 15 is 0 Å². The van der Waals surface area contributed by atoms with Crippen LogP contribution in [0, 0.1) is 0 Å². The van der Waals surface area contributed by atoms with Crippen molar-refractivity contribution in [2.75, 3.05) is 0 Å². The Morgan fingerprint density at radius 2 is 1.42 bits per heavy atom. The summed E-state index contributed by atoms with van der Waals surface area (Å²) in [4.78, 5) is 9.29. The summed E-state index contributed by atoms with van der Waals surface area (Å²) < 4.78 is 8.38. The number of aromatic nitrogens is 3. The minimum atomic E-state index is 0.580. The summed E-state index contributed by atoms with van der Waals surface area (Å²) in [6.07, 6.45) is 1.83. The van der Waals surface area contributed by atoms with Crippen LogP contribution in [0.3, 0.4) is 0 Å². The number of benzene rings is 4. The molecular formula is C32H21N3O. The van der Waals surface area contributed by atoms with Crippen molar-refractivity contribution in [2.45, 2.75) is 0 Å². The first-order valence-electron chi connectivity index (χ1n) is 11.9. The number of pyridine rings is 2. The van der Waals surface area contributed by atoms with Gasteiger partial charge in [-0.25, -0.2) is 9.97 Å². The molecule has 0 fully saturated rings. The van der Waals surface area contributed by atoms with Crippen molar-refractivity contribution in [3.8, 4) is 28.6 Å². The molecule has 0 unspecified atom stereocenters. The number of hydrogen-bond donors (Lipinski definition) is 0. The molecule has 0 atom stereocenters. The normalized spacial score (nSPS) is 11.3. The van der Waals surface area contributed by atoms with E-state index in [2.05, 4.69) is 69.1 Å². The highest BCUT2D eigenvalue weighted by atomic mass is 16.5. The van der Waals surface area contributed by atoms with E-state index in [1.54, 1.807) is 0 Å². The molecule has 0 spiro atoms. The van der Waals surface area contributed by atoms with Gasteiger partial charge >= 0.3 is 0 Å². The molecule has 7 rings (SSSR count). The second-order valence-corrected chi connectivity index (χ2v) is 8.74. The van der Waals surface area contributed by atoms with Crippen LogP contribution >= 0.6 is 0 Å². The van der Waals surface area contributed by atoms with Gasteiger partial charge in [-0.1, -0.05) is 66.7 Å². The topological polar surface area (TPSA) is 39.9 Å². The minimum absolute atomic E-state index is 0.580. The zero-order chi connectivity index (χ0) is 23.9. The van der Waals surface area contributed by atoms with E-state index in [1.165, 1.54) is 10.8 Å². The fraction of sp³-hybridized carbons (Fsp3) is 0. The Kier molecular flexibility index (Phi) is 4.74. The highest BCUT2D eigenvalue weighted by Gasteiger charge is 2.14. The molecule has 0 radical (unpaired) electrons. The molecule has 0 aliphatic carbocycles. The lowest BCUT2D eigenvalue weighted by Gasteiger charge is -2.10. The third kappa shape index (κ3) is 3.48. The van der Waals surface area contributed by atoms with Crippen LogP contribution in [0.4, 0.5) is 0 Å². The van der Waals surface area contributed by atoms with Crippen LogP contribution in [0.2, 0.25) is 0 Å². The van der Waals surface area contributed by atoms with Crippen LogP contribution in [0.5, 0.6) is 11.6 Å². The van der Waals surface area contributed by atoms with Gasteiger partial charge < -0.3 is 4.74 Å².